The topological polar surface area (TPSA) is 91.0 Å². The van der Waals surface area contributed by atoms with Gasteiger partial charge in [0.15, 0.2) is 0 Å². The highest BCUT2D eigenvalue weighted by Gasteiger charge is 2.13. The Labute approximate surface area is 103 Å². The Balaban J connectivity index is 3.93. The number of amidine groups is 1. The van der Waals surface area contributed by atoms with E-state index in [0.29, 0.717) is 18.6 Å². The van der Waals surface area contributed by atoms with Crippen molar-refractivity contribution >= 4 is 11.7 Å². The van der Waals surface area contributed by atoms with E-state index in [4.69, 9.17) is 10.9 Å². The SMILES string of the molecule is CC(C)N(CCNC(=O)C/C(N)=N/O)C(C)C. The van der Waals surface area contributed by atoms with E-state index in [0.717, 1.165) is 6.54 Å². The van der Waals surface area contributed by atoms with E-state index < -0.39 is 0 Å². The predicted molar refractivity (Wildman–Crippen MR) is 68.0 cm³/mol. The van der Waals surface area contributed by atoms with E-state index in [2.05, 4.69) is 43.1 Å². The molecule has 4 N–H and O–H groups in total. The Hall–Kier alpha value is -1.30. The number of nitrogens with zero attached hydrogens (tertiary/aromatic N) is 2. The summed E-state index contributed by atoms with van der Waals surface area (Å²) in [4.78, 5) is 13.6. The second-order valence-electron chi connectivity index (χ2n) is 4.54. The van der Waals surface area contributed by atoms with Gasteiger partial charge in [-0.05, 0) is 27.7 Å². The Morgan fingerprint density at radius 3 is 2.29 bits per heavy atom. The van der Waals surface area contributed by atoms with E-state index in [9.17, 15) is 4.79 Å². The van der Waals surface area contributed by atoms with Gasteiger partial charge in [-0.2, -0.15) is 0 Å². The zero-order valence-corrected chi connectivity index (χ0v) is 11.1. The molecule has 0 atom stereocenters. The fourth-order valence-corrected chi connectivity index (χ4v) is 1.70. The lowest BCUT2D eigenvalue weighted by Gasteiger charge is -2.30. The Bertz CT molecular complexity index is 256. The number of hydrogen-bond acceptors (Lipinski definition) is 4. The van der Waals surface area contributed by atoms with Crippen molar-refractivity contribution in [1.29, 1.82) is 0 Å². The molecule has 0 saturated carbocycles. The van der Waals surface area contributed by atoms with Crippen LogP contribution >= 0.6 is 0 Å². The van der Waals surface area contributed by atoms with Gasteiger partial charge in [-0.15, -0.1) is 0 Å². The molecule has 0 aliphatic rings. The monoisotopic (exact) mass is 244 g/mol. The van der Waals surface area contributed by atoms with Crippen molar-refractivity contribution in [3.8, 4) is 0 Å². The van der Waals surface area contributed by atoms with Crippen LogP contribution in [0.3, 0.4) is 0 Å². The van der Waals surface area contributed by atoms with Crippen LogP contribution < -0.4 is 11.1 Å². The molecule has 0 spiro atoms. The highest BCUT2D eigenvalue weighted by Crippen LogP contribution is 2.03. The standard InChI is InChI=1S/C11H24N4O2/c1-8(2)15(9(3)4)6-5-13-11(16)7-10(12)14-17/h8-9,17H,5-7H2,1-4H3,(H2,12,14)(H,13,16). The molecular formula is C11H24N4O2. The number of nitrogens with one attached hydrogen (secondary N) is 1. The van der Waals surface area contributed by atoms with Crippen LogP contribution in [0.4, 0.5) is 0 Å². The van der Waals surface area contributed by atoms with Gasteiger partial charge >= 0.3 is 0 Å². The third kappa shape index (κ3) is 6.78. The summed E-state index contributed by atoms with van der Waals surface area (Å²) < 4.78 is 0. The normalized spacial score (nSPS) is 12.5. The number of oxime groups is 1. The second-order valence-corrected chi connectivity index (χ2v) is 4.54. The summed E-state index contributed by atoms with van der Waals surface area (Å²) in [7, 11) is 0. The third-order valence-electron chi connectivity index (χ3n) is 2.49. The van der Waals surface area contributed by atoms with Crippen molar-refractivity contribution in [3.05, 3.63) is 0 Å². The molecule has 0 unspecified atom stereocenters. The fraction of sp³-hybridized carbons (Fsp3) is 0.818. The number of amides is 1. The molecule has 0 rings (SSSR count). The van der Waals surface area contributed by atoms with Gasteiger partial charge in [0.1, 0.15) is 5.84 Å². The van der Waals surface area contributed by atoms with Crippen LogP contribution in [0, 0.1) is 0 Å². The molecule has 0 aliphatic carbocycles. The molecule has 0 fully saturated rings. The number of nitrogens with two attached hydrogens (primary N) is 1. The Morgan fingerprint density at radius 1 is 1.35 bits per heavy atom. The smallest absolute Gasteiger partial charge is 0.227 e. The van der Waals surface area contributed by atoms with Crippen LogP contribution in [0.25, 0.3) is 0 Å². The van der Waals surface area contributed by atoms with Crippen molar-refractivity contribution in [2.24, 2.45) is 10.9 Å². The number of carbonyl (C=O) groups is 1. The van der Waals surface area contributed by atoms with Crippen molar-refractivity contribution < 1.29 is 10.0 Å². The maximum absolute atomic E-state index is 11.3. The summed E-state index contributed by atoms with van der Waals surface area (Å²) in [5.74, 6) is -0.306. The van der Waals surface area contributed by atoms with Crippen LogP contribution in [-0.2, 0) is 4.79 Å². The van der Waals surface area contributed by atoms with Gasteiger partial charge in [0, 0.05) is 25.2 Å². The van der Waals surface area contributed by atoms with E-state index >= 15 is 0 Å². The molecule has 0 aliphatic heterocycles. The van der Waals surface area contributed by atoms with Crippen molar-refractivity contribution in [2.45, 2.75) is 46.2 Å². The van der Waals surface area contributed by atoms with Crippen LogP contribution in [0.5, 0.6) is 0 Å². The lowest BCUT2D eigenvalue weighted by molar-refractivity contribution is -0.120. The molecule has 0 saturated heterocycles. The van der Waals surface area contributed by atoms with Gasteiger partial charge in [-0.1, -0.05) is 5.16 Å². The van der Waals surface area contributed by atoms with Crippen molar-refractivity contribution in [1.82, 2.24) is 10.2 Å². The number of rotatable bonds is 7. The largest absolute Gasteiger partial charge is 0.409 e. The molecule has 0 aromatic heterocycles. The summed E-state index contributed by atoms with van der Waals surface area (Å²) in [5.41, 5.74) is 5.23. The minimum Gasteiger partial charge on any atom is -0.409 e. The van der Waals surface area contributed by atoms with Gasteiger partial charge in [0.05, 0.1) is 6.42 Å². The number of carbonyl (C=O) groups excluding carboxylic acids is 1. The summed E-state index contributed by atoms with van der Waals surface area (Å²) >= 11 is 0. The molecule has 0 heterocycles. The van der Waals surface area contributed by atoms with Gasteiger partial charge < -0.3 is 16.3 Å². The lowest BCUT2D eigenvalue weighted by atomic mass is 10.2. The average molecular weight is 244 g/mol. The minimum absolute atomic E-state index is 0.0696. The molecule has 17 heavy (non-hydrogen) atoms. The minimum atomic E-state index is -0.229. The average Bonchev–Trinajstić information content (AvgIpc) is 2.22. The fourth-order valence-electron chi connectivity index (χ4n) is 1.70. The van der Waals surface area contributed by atoms with Gasteiger partial charge in [-0.3, -0.25) is 9.69 Å². The molecule has 100 valence electrons. The first-order valence-electron chi connectivity index (χ1n) is 5.87. The van der Waals surface area contributed by atoms with Crippen LogP contribution in [0.1, 0.15) is 34.1 Å². The van der Waals surface area contributed by atoms with Gasteiger partial charge in [0.2, 0.25) is 5.91 Å². The molecular weight excluding hydrogens is 220 g/mol. The maximum Gasteiger partial charge on any atom is 0.227 e. The van der Waals surface area contributed by atoms with Crippen molar-refractivity contribution in [3.63, 3.8) is 0 Å². The van der Waals surface area contributed by atoms with Crippen LogP contribution in [-0.4, -0.2) is 47.0 Å². The van der Waals surface area contributed by atoms with Gasteiger partial charge in [0.25, 0.3) is 0 Å². The highest BCUT2D eigenvalue weighted by molar-refractivity contribution is 5.98. The van der Waals surface area contributed by atoms with Crippen LogP contribution in [0.15, 0.2) is 5.16 Å². The van der Waals surface area contributed by atoms with E-state index in [1.165, 1.54) is 0 Å². The van der Waals surface area contributed by atoms with Crippen LogP contribution in [0.2, 0.25) is 0 Å². The summed E-state index contributed by atoms with van der Waals surface area (Å²) in [6.45, 7) is 9.85. The number of hydrogen-bond donors (Lipinski definition) is 3. The van der Waals surface area contributed by atoms with Gasteiger partial charge in [-0.25, -0.2) is 0 Å². The Morgan fingerprint density at radius 2 is 1.88 bits per heavy atom. The van der Waals surface area contributed by atoms with E-state index in [-0.39, 0.29) is 18.2 Å². The third-order valence-corrected chi connectivity index (χ3v) is 2.49. The molecule has 0 radical (unpaired) electrons. The van der Waals surface area contributed by atoms with E-state index in [1.54, 1.807) is 0 Å². The molecule has 6 nitrogen and oxygen atoms in total. The first-order valence-corrected chi connectivity index (χ1v) is 5.87. The first kappa shape index (κ1) is 15.7. The molecule has 1 amide bonds. The van der Waals surface area contributed by atoms with E-state index in [1.807, 2.05) is 0 Å². The molecule has 0 aromatic rings. The molecule has 0 aromatic carbocycles. The predicted octanol–water partition coefficient (Wildman–Crippen LogP) is 0.358. The maximum atomic E-state index is 11.3. The first-order chi connectivity index (χ1) is 7.88. The molecule has 0 bridgehead atoms. The highest BCUT2D eigenvalue weighted by atomic mass is 16.4. The Kier molecular flexibility index (Phi) is 7.29. The quantitative estimate of drug-likeness (QED) is 0.261. The second kappa shape index (κ2) is 7.89. The lowest BCUT2D eigenvalue weighted by Crippen LogP contribution is -2.42. The summed E-state index contributed by atoms with van der Waals surface area (Å²) in [5, 5.41) is 13.8. The zero-order valence-electron chi connectivity index (χ0n) is 11.1. The zero-order chi connectivity index (χ0) is 13.4. The van der Waals surface area contributed by atoms with Crippen molar-refractivity contribution in [2.75, 3.05) is 13.1 Å². The molecule has 6 heteroatoms. The summed E-state index contributed by atoms with van der Waals surface area (Å²) in [6.07, 6.45) is -0.0696. The summed E-state index contributed by atoms with van der Waals surface area (Å²) in [6, 6.07) is 0.881.